The average Bonchev–Trinajstić information content (AvgIpc) is 2.89. The summed E-state index contributed by atoms with van der Waals surface area (Å²) in [5.74, 6) is -0.477. The second-order valence-electron chi connectivity index (χ2n) is 6.58. The van der Waals surface area contributed by atoms with E-state index < -0.39 is 0 Å². The van der Waals surface area contributed by atoms with E-state index in [9.17, 15) is 9.59 Å². The van der Waals surface area contributed by atoms with E-state index in [0.717, 1.165) is 4.90 Å². The first-order chi connectivity index (χ1) is 12.1. The van der Waals surface area contributed by atoms with Crippen LogP contribution in [0.1, 0.15) is 18.4 Å². The summed E-state index contributed by atoms with van der Waals surface area (Å²) in [5, 5.41) is 0. The lowest BCUT2D eigenvalue weighted by Gasteiger charge is -2.15. The molecular formula is C21H19NO2S. The standard InChI is InChI=1S/C21H19NO2S/c1-14-6-10-16(11-7-14)25-17-12-8-15(9-13-17)22-20(23)18-4-2-3-5-19(18)21(22)24/h2-3,6-13,18-19H,4-5H2,1H3. The molecule has 4 heteroatoms. The lowest BCUT2D eigenvalue weighted by atomic mass is 9.85. The summed E-state index contributed by atoms with van der Waals surface area (Å²) in [5.41, 5.74) is 1.92. The van der Waals surface area contributed by atoms with Crippen LogP contribution in [0, 0.1) is 18.8 Å². The van der Waals surface area contributed by atoms with Gasteiger partial charge in [0.15, 0.2) is 0 Å². The molecule has 0 spiro atoms. The molecule has 2 aromatic carbocycles. The van der Waals surface area contributed by atoms with Crippen LogP contribution in [0.3, 0.4) is 0 Å². The second-order valence-corrected chi connectivity index (χ2v) is 7.72. The summed E-state index contributed by atoms with van der Waals surface area (Å²) in [6.45, 7) is 2.07. The van der Waals surface area contributed by atoms with Crippen LogP contribution in [0.2, 0.25) is 0 Å². The van der Waals surface area contributed by atoms with Gasteiger partial charge in [0.05, 0.1) is 17.5 Å². The van der Waals surface area contributed by atoms with Gasteiger partial charge < -0.3 is 0 Å². The number of hydrogen-bond donors (Lipinski definition) is 0. The molecule has 2 aliphatic rings. The lowest BCUT2D eigenvalue weighted by Crippen LogP contribution is -2.30. The number of anilines is 1. The Morgan fingerprint density at radius 3 is 1.80 bits per heavy atom. The van der Waals surface area contributed by atoms with Gasteiger partial charge in [-0.05, 0) is 56.2 Å². The minimum absolute atomic E-state index is 0.0571. The molecule has 126 valence electrons. The molecule has 1 fully saturated rings. The van der Waals surface area contributed by atoms with E-state index in [1.54, 1.807) is 11.8 Å². The number of carbonyl (C=O) groups excluding carboxylic acids is 2. The summed E-state index contributed by atoms with van der Waals surface area (Å²) >= 11 is 1.67. The van der Waals surface area contributed by atoms with Crippen LogP contribution < -0.4 is 4.90 Å². The Morgan fingerprint density at radius 2 is 1.28 bits per heavy atom. The first kappa shape index (κ1) is 16.2. The van der Waals surface area contributed by atoms with Gasteiger partial charge in [-0.3, -0.25) is 14.5 Å². The van der Waals surface area contributed by atoms with Crippen molar-refractivity contribution in [1.29, 1.82) is 0 Å². The van der Waals surface area contributed by atoms with Crippen LogP contribution in [-0.4, -0.2) is 11.8 Å². The van der Waals surface area contributed by atoms with Crippen molar-refractivity contribution in [2.24, 2.45) is 11.8 Å². The van der Waals surface area contributed by atoms with Gasteiger partial charge in [-0.15, -0.1) is 0 Å². The highest BCUT2D eigenvalue weighted by Crippen LogP contribution is 2.38. The maximum Gasteiger partial charge on any atom is 0.238 e. The zero-order valence-electron chi connectivity index (χ0n) is 14.0. The molecule has 0 N–H and O–H groups in total. The quantitative estimate of drug-likeness (QED) is 0.600. The van der Waals surface area contributed by atoms with Crippen molar-refractivity contribution >= 4 is 29.3 Å². The molecule has 1 heterocycles. The van der Waals surface area contributed by atoms with E-state index in [1.165, 1.54) is 15.4 Å². The number of benzene rings is 2. The van der Waals surface area contributed by atoms with Crippen molar-refractivity contribution in [2.45, 2.75) is 29.6 Å². The van der Waals surface area contributed by atoms with Crippen molar-refractivity contribution in [2.75, 3.05) is 4.90 Å². The summed E-state index contributed by atoms with van der Waals surface area (Å²) in [7, 11) is 0. The Balaban J connectivity index is 1.53. The summed E-state index contributed by atoms with van der Waals surface area (Å²) in [6.07, 6.45) is 5.37. The normalized spacial score (nSPS) is 22.4. The van der Waals surface area contributed by atoms with Gasteiger partial charge in [0, 0.05) is 9.79 Å². The Hall–Kier alpha value is -2.33. The molecule has 2 atom stereocenters. The molecule has 1 aliphatic carbocycles. The highest BCUT2D eigenvalue weighted by atomic mass is 32.2. The summed E-state index contributed by atoms with van der Waals surface area (Å²) in [4.78, 5) is 28.9. The van der Waals surface area contributed by atoms with E-state index in [2.05, 4.69) is 31.2 Å². The monoisotopic (exact) mass is 349 g/mol. The van der Waals surface area contributed by atoms with E-state index in [-0.39, 0.29) is 23.7 Å². The Bertz CT molecular complexity index is 813. The van der Waals surface area contributed by atoms with Crippen molar-refractivity contribution in [1.82, 2.24) is 0 Å². The number of rotatable bonds is 3. The molecule has 1 saturated heterocycles. The molecule has 0 saturated carbocycles. The fourth-order valence-corrected chi connectivity index (χ4v) is 4.28. The molecule has 0 bridgehead atoms. The Morgan fingerprint density at radius 1 is 0.800 bits per heavy atom. The largest absolute Gasteiger partial charge is 0.274 e. The van der Waals surface area contributed by atoms with E-state index in [4.69, 9.17) is 0 Å². The third kappa shape index (κ3) is 3.02. The molecule has 3 nitrogen and oxygen atoms in total. The third-order valence-corrected chi connectivity index (χ3v) is 5.87. The van der Waals surface area contributed by atoms with Crippen molar-refractivity contribution in [3.05, 3.63) is 66.2 Å². The Labute approximate surface area is 151 Å². The smallest absolute Gasteiger partial charge is 0.238 e. The second kappa shape index (κ2) is 6.52. The molecule has 25 heavy (non-hydrogen) atoms. The highest BCUT2D eigenvalue weighted by molar-refractivity contribution is 7.99. The molecule has 0 aromatic heterocycles. The third-order valence-electron chi connectivity index (χ3n) is 4.86. The topological polar surface area (TPSA) is 37.4 Å². The number of imide groups is 1. The molecule has 2 aromatic rings. The molecular weight excluding hydrogens is 330 g/mol. The predicted octanol–water partition coefficient (Wildman–Crippen LogP) is 4.60. The van der Waals surface area contributed by atoms with Crippen LogP contribution >= 0.6 is 11.8 Å². The van der Waals surface area contributed by atoms with Crippen molar-refractivity contribution in [3.63, 3.8) is 0 Å². The van der Waals surface area contributed by atoms with Crippen molar-refractivity contribution in [3.8, 4) is 0 Å². The maximum atomic E-state index is 12.6. The lowest BCUT2D eigenvalue weighted by molar-refractivity contribution is -0.122. The zero-order valence-corrected chi connectivity index (χ0v) is 14.8. The minimum atomic E-state index is -0.181. The number of aryl methyl sites for hydroxylation is 1. The van der Waals surface area contributed by atoms with Gasteiger partial charge in [0.1, 0.15) is 0 Å². The van der Waals surface area contributed by atoms with Crippen LogP contribution in [0.4, 0.5) is 5.69 Å². The van der Waals surface area contributed by atoms with Gasteiger partial charge in [-0.1, -0.05) is 41.6 Å². The van der Waals surface area contributed by atoms with E-state index >= 15 is 0 Å². The van der Waals surface area contributed by atoms with Crippen LogP contribution in [0.5, 0.6) is 0 Å². The predicted molar refractivity (Wildman–Crippen MR) is 99.6 cm³/mol. The summed E-state index contributed by atoms with van der Waals surface area (Å²) < 4.78 is 0. The first-order valence-electron chi connectivity index (χ1n) is 8.51. The molecule has 1 aliphatic heterocycles. The number of hydrogen-bond acceptors (Lipinski definition) is 3. The average molecular weight is 349 g/mol. The van der Waals surface area contributed by atoms with E-state index in [1.807, 2.05) is 36.4 Å². The van der Waals surface area contributed by atoms with Crippen LogP contribution in [0.15, 0.2) is 70.5 Å². The minimum Gasteiger partial charge on any atom is -0.274 e. The maximum absolute atomic E-state index is 12.6. The fourth-order valence-electron chi connectivity index (χ4n) is 3.46. The number of amides is 2. The molecule has 2 unspecified atom stereocenters. The fraction of sp³-hybridized carbons (Fsp3) is 0.238. The van der Waals surface area contributed by atoms with Gasteiger partial charge >= 0.3 is 0 Å². The van der Waals surface area contributed by atoms with Gasteiger partial charge in [-0.2, -0.15) is 0 Å². The van der Waals surface area contributed by atoms with Gasteiger partial charge in [0.2, 0.25) is 11.8 Å². The van der Waals surface area contributed by atoms with E-state index in [0.29, 0.717) is 18.5 Å². The number of nitrogens with zero attached hydrogens (tertiary/aromatic N) is 1. The van der Waals surface area contributed by atoms with Crippen molar-refractivity contribution < 1.29 is 9.59 Å². The SMILES string of the molecule is Cc1ccc(Sc2ccc(N3C(=O)C4CC=CCC4C3=O)cc2)cc1. The Kier molecular flexibility index (Phi) is 4.22. The van der Waals surface area contributed by atoms with Crippen LogP contribution in [0.25, 0.3) is 0 Å². The van der Waals surface area contributed by atoms with Gasteiger partial charge in [-0.25, -0.2) is 0 Å². The number of fused-ring (bicyclic) bond motifs is 1. The number of carbonyl (C=O) groups is 2. The summed E-state index contributed by atoms with van der Waals surface area (Å²) in [6, 6.07) is 16.1. The molecule has 2 amide bonds. The molecule has 0 radical (unpaired) electrons. The first-order valence-corrected chi connectivity index (χ1v) is 9.32. The highest BCUT2D eigenvalue weighted by Gasteiger charge is 2.47. The van der Waals surface area contributed by atoms with Crippen LogP contribution in [-0.2, 0) is 9.59 Å². The molecule has 4 rings (SSSR count). The number of allylic oxidation sites excluding steroid dienone is 2. The van der Waals surface area contributed by atoms with Gasteiger partial charge in [0.25, 0.3) is 0 Å². The zero-order chi connectivity index (χ0) is 17.4.